The molecule has 4 aromatic carbocycles. The summed E-state index contributed by atoms with van der Waals surface area (Å²) in [6.07, 6.45) is 0. The quantitative estimate of drug-likeness (QED) is 0.117. The van der Waals surface area contributed by atoms with E-state index in [0.717, 1.165) is 0 Å². The number of benzene rings is 4. The first-order valence-corrected chi connectivity index (χ1v) is 12.3. The molecule has 212 valence electrons. The van der Waals surface area contributed by atoms with Crippen molar-refractivity contribution in [2.45, 2.75) is 13.8 Å². The van der Waals surface area contributed by atoms with E-state index >= 15 is 0 Å². The molecule has 0 unspecified atom stereocenters. The lowest BCUT2D eigenvalue weighted by Crippen LogP contribution is -2.19. The fourth-order valence-corrected chi connectivity index (χ4v) is 3.71. The van der Waals surface area contributed by atoms with E-state index in [9.17, 15) is 34.8 Å². The number of aryl methyl sites for hydroxylation is 2. The maximum absolute atomic E-state index is 12.4. The molecule has 0 aliphatic carbocycles. The van der Waals surface area contributed by atoms with Gasteiger partial charge in [0.05, 0.1) is 22.7 Å². The van der Waals surface area contributed by atoms with E-state index in [1.807, 2.05) is 0 Å². The predicted molar refractivity (Wildman–Crippen MR) is 153 cm³/mol. The molecule has 6 N–H and O–H groups in total. The number of rotatable bonds is 8. The van der Waals surface area contributed by atoms with Crippen LogP contribution in [0.2, 0.25) is 0 Å². The highest BCUT2D eigenvalue weighted by Crippen LogP contribution is 2.31. The van der Waals surface area contributed by atoms with Gasteiger partial charge in [0.15, 0.2) is 0 Å². The molecule has 2 amide bonds. The molecular formula is C29H24N6O7. The van der Waals surface area contributed by atoms with Crippen molar-refractivity contribution < 1.29 is 34.8 Å². The summed E-state index contributed by atoms with van der Waals surface area (Å²) in [6, 6.07) is 17.9. The van der Waals surface area contributed by atoms with E-state index in [1.54, 1.807) is 62.4 Å². The van der Waals surface area contributed by atoms with Crippen LogP contribution in [0.15, 0.2) is 93.3 Å². The average molecular weight is 569 g/mol. The zero-order valence-electron chi connectivity index (χ0n) is 22.2. The fraction of sp³-hybridized carbons (Fsp3) is 0.0690. The number of hydrogen-bond acceptors (Lipinski definition) is 9. The number of hydrogen-bond donors (Lipinski definition) is 6. The summed E-state index contributed by atoms with van der Waals surface area (Å²) in [7, 11) is 0. The van der Waals surface area contributed by atoms with E-state index in [2.05, 4.69) is 31.1 Å². The Kier molecular flexibility index (Phi) is 8.52. The number of carboxylic acids is 2. The molecule has 0 fully saturated rings. The van der Waals surface area contributed by atoms with Gasteiger partial charge in [-0.1, -0.05) is 0 Å². The van der Waals surface area contributed by atoms with Crippen LogP contribution in [0.25, 0.3) is 0 Å². The number of carbonyl (C=O) groups excluding carboxylic acids is 1. The molecule has 13 heteroatoms. The highest BCUT2D eigenvalue weighted by Gasteiger charge is 2.14. The Morgan fingerprint density at radius 3 is 1.21 bits per heavy atom. The van der Waals surface area contributed by atoms with Gasteiger partial charge in [0.2, 0.25) is 0 Å². The summed E-state index contributed by atoms with van der Waals surface area (Å²) < 4.78 is 0. The van der Waals surface area contributed by atoms with E-state index in [-0.39, 0.29) is 34.0 Å². The highest BCUT2D eigenvalue weighted by molar-refractivity contribution is 6.00. The molecule has 0 heterocycles. The number of carbonyl (C=O) groups is 3. The summed E-state index contributed by atoms with van der Waals surface area (Å²) in [5.74, 6) is -3.20. The number of anilines is 2. The van der Waals surface area contributed by atoms with Crippen LogP contribution in [0.3, 0.4) is 0 Å². The Balaban J connectivity index is 1.34. The van der Waals surface area contributed by atoms with Crippen molar-refractivity contribution in [1.82, 2.24) is 0 Å². The largest absolute Gasteiger partial charge is 0.507 e. The number of aromatic carboxylic acids is 2. The van der Waals surface area contributed by atoms with Crippen molar-refractivity contribution in [2.24, 2.45) is 20.5 Å². The fourth-order valence-electron chi connectivity index (χ4n) is 3.71. The molecule has 0 atom stereocenters. The SMILES string of the molecule is Cc1cc(N=Nc2ccc(NC(=O)Nc3ccc(N=Nc4cc(C)c(O)c(C(=O)O)c4)cc3)cc2)cc(C(=O)O)c1O. The van der Waals surface area contributed by atoms with Gasteiger partial charge in [-0.3, -0.25) is 0 Å². The molecule has 0 saturated heterocycles. The van der Waals surface area contributed by atoms with E-state index in [4.69, 9.17) is 0 Å². The third kappa shape index (κ3) is 7.09. The third-order valence-electron chi connectivity index (χ3n) is 5.84. The van der Waals surface area contributed by atoms with Crippen LogP contribution in [0.5, 0.6) is 11.5 Å². The predicted octanol–water partition coefficient (Wildman–Crippen LogP) is 7.59. The standard InChI is InChI=1S/C29H24N6O7/c1-15-11-21(13-23(25(15)36)27(38)39)34-32-19-7-3-17(4-8-19)30-29(42)31-18-5-9-20(10-6-18)33-35-22-12-16(2)26(37)24(14-22)28(40)41/h3-14,36-37H,1-2H3,(H,38,39)(H,40,41)(H2,30,31,42). The maximum Gasteiger partial charge on any atom is 0.339 e. The van der Waals surface area contributed by atoms with Crippen LogP contribution in [-0.4, -0.2) is 38.4 Å². The van der Waals surface area contributed by atoms with Crippen LogP contribution in [0.4, 0.5) is 38.9 Å². The van der Waals surface area contributed by atoms with Crippen molar-refractivity contribution >= 4 is 52.1 Å². The Labute approximate surface area is 238 Å². The minimum absolute atomic E-state index is 0.263. The van der Waals surface area contributed by atoms with Gasteiger partial charge in [0.1, 0.15) is 22.6 Å². The van der Waals surface area contributed by atoms with E-state index < -0.39 is 18.0 Å². The Bertz CT molecular complexity index is 1610. The zero-order valence-corrected chi connectivity index (χ0v) is 22.2. The number of carboxylic acid groups (broad SMARTS) is 2. The number of nitrogens with zero attached hydrogens (tertiary/aromatic N) is 4. The molecule has 0 aromatic heterocycles. The zero-order chi connectivity index (χ0) is 30.4. The first-order valence-electron chi connectivity index (χ1n) is 12.3. The molecule has 42 heavy (non-hydrogen) atoms. The number of aromatic hydroxyl groups is 2. The molecule has 4 rings (SSSR count). The van der Waals surface area contributed by atoms with Crippen LogP contribution in [-0.2, 0) is 0 Å². The lowest BCUT2D eigenvalue weighted by Gasteiger charge is -2.08. The minimum atomic E-state index is -1.28. The van der Waals surface area contributed by atoms with Crippen molar-refractivity contribution in [3.8, 4) is 11.5 Å². The Morgan fingerprint density at radius 2 is 0.881 bits per heavy atom. The molecule has 0 aliphatic rings. The number of urea groups is 1. The molecule has 0 spiro atoms. The Morgan fingerprint density at radius 1 is 0.548 bits per heavy atom. The summed E-state index contributed by atoms with van der Waals surface area (Å²) >= 11 is 0. The van der Waals surface area contributed by atoms with E-state index in [1.165, 1.54) is 24.3 Å². The minimum Gasteiger partial charge on any atom is -0.507 e. The second-order valence-electron chi connectivity index (χ2n) is 9.00. The first kappa shape index (κ1) is 28.9. The van der Waals surface area contributed by atoms with Gasteiger partial charge >= 0.3 is 18.0 Å². The summed E-state index contributed by atoms with van der Waals surface area (Å²) in [6.45, 7) is 3.12. The van der Waals surface area contributed by atoms with Crippen LogP contribution >= 0.6 is 0 Å². The third-order valence-corrected chi connectivity index (χ3v) is 5.84. The van der Waals surface area contributed by atoms with Gasteiger partial charge < -0.3 is 31.1 Å². The topological polar surface area (TPSA) is 206 Å². The van der Waals surface area contributed by atoms with Crippen LogP contribution in [0.1, 0.15) is 31.8 Å². The van der Waals surface area contributed by atoms with Crippen LogP contribution < -0.4 is 10.6 Å². The van der Waals surface area contributed by atoms with Crippen molar-refractivity contribution in [2.75, 3.05) is 10.6 Å². The summed E-state index contributed by atoms with van der Waals surface area (Å²) in [5, 5.41) is 59.7. The smallest absolute Gasteiger partial charge is 0.339 e. The van der Waals surface area contributed by atoms with Crippen LogP contribution in [0, 0.1) is 13.8 Å². The number of nitrogens with one attached hydrogen (secondary N) is 2. The molecule has 0 saturated carbocycles. The summed E-state index contributed by atoms with van der Waals surface area (Å²) in [4.78, 5) is 35.0. The normalized spacial score (nSPS) is 11.1. The van der Waals surface area contributed by atoms with Gasteiger partial charge in [-0.05, 0) is 97.8 Å². The van der Waals surface area contributed by atoms with Gasteiger partial charge in [-0.25, -0.2) is 14.4 Å². The number of phenols is 2. The first-order chi connectivity index (χ1) is 20.0. The Hall–Kier alpha value is -6.11. The lowest BCUT2D eigenvalue weighted by atomic mass is 10.1. The second kappa shape index (κ2) is 12.4. The average Bonchev–Trinajstić information content (AvgIpc) is 2.95. The van der Waals surface area contributed by atoms with Crippen molar-refractivity contribution in [1.29, 1.82) is 0 Å². The maximum atomic E-state index is 12.4. The molecule has 0 bridgehead atoms. The molecule has 0 radical (unpaired) electrons. The lowest BCUT2D eigenvalue weighted by molar-refractivity contribution is 0.0682. The van der Waals surface area contributed by atoms with Gasteiger partial charge in [-0.2, -0.15) is 20.5 Å². The van der Waals surface area contributed by atoms with Gasteiger partial charge in [0, 0.05) is 11.4 Å². The number of amides is 2. The summed E-state index contributed by atoms with van der Waals surface area (Å²) in [5.41, 5.74) is 2.57. The van der Waals surface area contributed by atoms with Gasteiger partial charge in [0.25, 0.3) is 0 Å². The molecule has 13 nitrogen and oxygen atoms in total. The number of azo groups is 2. The molecule has 4 aromatic rings. The van der Waals surface area contributed by atoms with Crippen molar-refractivity contribution in [3.63, 3.8) is 0 Å². The molecule has 0 aliphatic heterocycles. The monoisotopic (exact) mass is 568 g/mol. The molecular weight excluding hydrogens is 544 g/mol. The van der Waals surface area contributed by atoms with Crippen molar-refractivity contribution in [3.05, 3.63) is 95.1 Å². The highest BCUT2D eigenvalue weighted by atomic mass is 16.4. The van der Waals surface area contributed by atoms with E-state index in [0.29, 0.717) is 33.9 Å². The van der Waals surface area contributed by atoms with Gasteiger partial charge in [-0.15, -0.1) is 0 Å². The second-order valence-corrected chi connectivity index (χ2v) is 9.00.